The molecule has 2 rings (SSSR count). The Hall–Kier alpha value is -0.690. The summed E-state index contributed by atoms with van der Waals surface area (Å²) < 4.78 is 6.00. The fraction of sp³-hybridized carbons (Fsp3) is 0.333. The predicted molar refractivity (Wildman–Crippen MR) is 77.8 cm³/mol. The number of esters is 1. The molecule has 2 aromatic heterocycles. The lowest BCUT2D eigenvalue weighted by molar-refractivity contribution is 0.0524. The van der Waals surface area contributed by atoms with Crippen molar-refractivity contribution in [3.8, 4) is 0 Å². The van der Waals surface area contributed by atoms with Crippen LogP contribution < -0.4 is 0 Å². The number of aryl methyl sites for hydroxylation is 2. The Morgan fingerprint density at radius 1 is 1.53 bits per heavy atom. The lowest BCUT2D eigenvalue weighted by atomic mass is 10.1. The van der Waals surface area contributed by atoms with Crippen LogP contribution in [0.25, 0.3) is 10.2 Å². The number of carbonyl (C=O) groups excluding carboxylic acids is 1. The maximum absolute atomic E-state index is 11.9. The van der Waals surface area contributed by atoms with E-state index in [0.717, 1.165) is 19.5 Å². The highest BCUT2D eigenvalue weighted by atomic mass is 127. The van der Waals surface area contributed by atoms with Gasteiger partial charge in [0.1, 0.15) is 4.83 Å². The predicted octanol–water partition coefficient (Wildman–Crippen LogP) is 3.69. The molecule has 0 saturated carbocycles. The number of thiophene rings is 1. The average molecular weight is 361 g/mol. The molecule has 0 fully saturated rings. The van der Waals surface area contributed by atoms with Crippen molar-refractivity contribution in [2.24, 2.45) is 0 Å². The Bertz CT molecular complexity index is 592. The Balaban J connectivity index is 2.66. The van der Waals surface area contributed by atoms with Crippen LogP contribution in [-0.4, -0.2) is 17.6 Å². The van der Waals surface area contributed by atoms with Crippen LogP contribution in [0.3, 0.4) is 0 Å². The Labute approximate surface area is 117 Å². The van der Waals surface area contributed by atoms with Crippen LogP contribution in [0.5, 0.6) is 0 Å². The summed E-state index contributed by atoms with van der Waals surface area (Å²) in [5, 5.41) is 1.04. The monoisotopic (exact) mass is 361 g/mol. The van der Waals surface area contributed by atoms with E-state index in [2.05, 4.69) is 33.6 Å². The number of carbonyl (C=O) groups is 1. The molecule has 0 aromatic carbocycles. The number of hydrogen-bond donors (Lipinski definition) is 0. The molecule has 90 valence electrons. The van der Waals surface area contributed by atoms with Gasteiger partial charge in [-0.3, -0.25) is 0 Å². The number of nitrogens with zero attached hydrogens (tertiary/aromatic N) is 1. The summed E-state index contributed by atoms with van der Waals surface area (Å²) in [7, 11) is 0. The number of aromatic nitrogens is 1. The summed E-state index contributed by atoms with van der Waals surface area (Å²) in [5.74, 6) is -0.285. The summed E-state index contributed by atoms with van der Waals surface area (Å²) in [6.45, 7) is 6.08. The van der Waals surface area contributed by atoms with Crippen LogP contribution in [0.1, 0.15) is 27.9 Å². The first-order valence-electron chi connectivity index (χ1n) is 5.28. The van der Waals surface area contributed by atoms with Gasteiger partial charge < -0.3 is 4.74 Å². The lowest BCUT2D eigenvalue weighted by Gasteiger charge is -2.07. The van der Waals surface area contributed by atoms with E-state index >= 15 is 0 Å². The smallest absolute Gasteiger partial charge is 0.341 e. The van der Waals surface area contributed by atoms with E-state index in [1.807, 2.05) is 13.8 Å². The molecule has 0 spiro atoms. The van der Waals surface area contributed by atoms with E-state index in [1.54, 1.807) is 18.3 Å². The van der Waals surface area contributed by atoms with Crippen LogP contribution in [0.15, 0.2) is 6.07 Å². The van der Waals surface area contributed by atoms with Crippen molar-refractivity contribution in [2.45, 2.75) is 20.8 Å². The van der Waals surface area contributed by atoms with Crippen molar-refractivity contribution in [3.63, 3.8) is 0 Å². The fourth-order valence-electron chi connectivity index (χ4n) is 1.68. The number of fused-ring (bicyclic) bond motifs is 1. The molecule has 0 aliphatic heterocycles. The Kier molecular flexibility index (Phi) is 3.67. The molecule has 0 aliphatic carbocycles. The standard InChI is InChI=1S/C12H12INO2S/c1-4-16-12(15)9-7(3)14-11-8(10(9)13)5-6(2)17-11/h5H,4H2,1-3H3. The van der Waals surface area contributed by atoms with E-state index in [4.69, 9.17) is 4.74 Å². The summed E-state index contributed by atoms with van der Waals surface area (Å²) >= 11 is 3.84. The highest BCUT2D eigenvalue weighted by Gasteiger charge is 2.19. The molecule has 2 aromatic rings. The van der Waals surface area contributed by atoms with Crippen molar-refractivity contribution in [1.82, 2.24) is 4.98 Å². The first-order valence-corrected chi connectivity index (χ1v) is 7.17. The van der Waals surface area contributed by atoms with Crippen LogP contribution in [0, 0.1) is 17.4 Å². The average Bonchev–Trinajstić information content (AvgIpc) is 2.59. The molecule has 5 heteroatoms. The third-order valence-corrected chi connectivity index (χ3v) is 4.47. The number of ether oxygens (including phenoxy) is 1. The van der Waals surface area contributed by atoms with Crippen LogP contribution in [-0.2, 0) is 4.74 Å². The zero-order valence-corrected chi connectivity index (χ0v) is 12.8. The second-order valence-electron chi connectivity index (χ2n) is 3.68. The van der Waals surface area contributed by atoms with Gasteiger partial charge in [0.05, 0.1) is 17.9 Å². The van der Waals surface area contributed by atoms with Gasteiger partial charge in [-0.05, 0) is 49.4 Å². The third-order valence-electron chi connectivity index (χ3n) is 2.40. The molecule has 2 heterocycles. The normalized spacial score (nSPS) is 10.8. The van der Waals surface area contributed by atoms with Crippen LogP contribution in [0.2, 0.25) is 0 Å². The zero-order valence-electron chi connectivity index (χ0n) is 9.83. The molecule has 0 aliphatic rings. The minimum atomic E-state index is -0.285. The van der Waals surface area contributed by atoms with Gasteiger partial charge in [0.2, 0.25) is 0 Å². The summed E-state index contributed by atoms with van der Waals surface area (Å²) in [5.41, 5.74) is 1.33. The number of halogens is 1. The second-order valence-corrected chi connectivity index (χ2v) is 6.00. The topological polar surface area (TPSA) is 39.2 Å². The van der Waals surface area contributed by atoms with Crippen molar-refractivity contribution < 1.29 is 9.53 Å². The summed E-state index contributed by atoms with van der Waals surface area (Å²) in [6, 6.07) is 2.07. The SMILES string of the molecule is CCOC(=O)c1c(C)nc2sc(C)cc2c1I. The van der Waals surface area contributed by atoms with E-state index < -0.39 is 0 Å². The van der Waals surface area contributed by atoms with E-state index in [-0.39, 0.29) is 5.97 Å². The molecular weight excluding hydrogens is 349 g/mol. The van der Waals surface area contributed by atoms with E-state index in [9.17, 15) is 4.79 Å². The van der Waals surface area contributed by atoms with Gasteiger partial charge in [0.15, 0.2) is 0 Å². The molecule has 0 bridgehead atoms. The Morgan fingerprint density at radius 3 is 2.88 bits per heavy atom. The highest BCUT2D eigenvalue weighted by Crippen LogP contribution is 2.31. The highest BCUT2D eigenvalue weighted by molar-refractivity contribution is 14.1. The van der Waals surface area contributed by atoms with Gasteiger partial charge in [0, 0.05) is 13.8 Å². The van der Waals surface area contributed by atoms with Crippen molar-refractivity contribution >= 4 is 50.1 Å². The Morgan fingerprint density at radius 2 is 2.24 bits per heavy atom. The second kappa shape index (κ2) is 4.89. The third kappa shape index (κ3) is 2.30. The van der Waals surface area contributed by atoms with E-state index in [0.29, 0.717) is 12.2 Å². The lowest BCUT2D eigenvalue weighted by Crippen LogP contribution is -2.10. The first-order chi connectivity index (χ1) is 8.04. The van der Waals surface area contributed by atoms with Crippen LogP contribution >= 0.6 is 33.9 Å². The van der Waals surface area contributed by atoms with Gasteiger partial charge in [-0.2, -0.15) is 0 Å². The minimum absolute atomic E-state index is 0.285. The van der Waals surface area contributed by atoms with Crippen molar-refractivity contribution in [1.29, 1.82) is 0 Å². The number of rotatable bonds is 2. The minimum Gasteiger partial charge on any atom is -0.462 e. The first kappa shape index (κ1) is 12.8. The number of pyridine rings is 1. The number of hydrogen-bond acceptors (Lipinski definition) is 4. The van der Waals surface area contributed by atoms with Gasteiger partial charge in [-0.25, -0.2) is 9.78 Å². The van der Waals surface area contributed by atoms with Gasteiger partial charge in [-0.1, -0.05) is 0 Å². The van der Waals surface area contributed by atoms with Gasteiger partial charge in [0.25, 0.3) is 0 Å². The van der Waals surface area contributed by atoms with E-state index in [1.165, 1.54) is 4.88 Å². The molecule has 3 nitrogen and oxygen atoms in total. The molecule has 0 unspecified atom stereocenters. The summed E-state index contributed by atoms with van der Waals surface area (Å²) in [6.07, 6.45) is 0. The molecule has 0 saturated heterocycles. The maximum Gasteiger partial charge on any atom is 0.341 e. The molecule has 0 radical (unpaired) electrons. The van der Waals surface area contributed by atoms with Crippen molar-refractivity contribution in [2.75, 3.05) is 6.61 Å². The van der Waals surface area contributed by atoms with Crippen molar-refractivity contribution in [3.05, 3.63) is 25.8 Å². The fourth-order valence-corrected chi connectivity index (χ4v) is 3.82. The summed E-state index contributed by atoms with van der Waals surface area (Å²) in [4.78, 5) is 18.5. The van der Waals surface area contributed by atoms with Gasteiger partial charge in [-0.15, -0.1) is 11.3 Å². The maximum atomic E-state index is 11.9. The van der Waals surface area contributed by atoms with Crippen LogP contribution in [0.4, 0.5) is 0 Å². The molecule has 0 amide bonds. The quantitative estimate of drug-likeness (QED) is 0.605. The largest absolute Gasteiger partial charge is 0.462 e. The van der Waals surface area contributed by atoms with Gasteiger partial charge >= 0.3 is 5.97 Å². The molecule has 0 atom stereocenters. The zero-order chi connectivity index (χ0) is 12.6. The molecule has 0 N–H and O–H groups in total. The molecular formula is C12H12INO2S. The molecule has 17 heavy (non-hydrogen) atoms.